The van der Waals surface area contributed by atoms with Gasteiger partial charge in [0.1, 0.15) is 5.75 Å². The summed E-state index contributed by atoms with van der Waals surface area (Å²) in [6.07, 6.45) is -2.23. The molecule has 0 atom stereocenters. The lowest BCUT2D eigenvalue weighted by Gasteiger charge is -2.29. The first-order chi connectivity index (χ1) is 11.5. The Morgan fingerprint density at radius 1 is 1.24 bits per heavy atom. The molecule has 9 heteroatoms. The van der Waals surface area contributed by atoms with Gasteiger partial charge in [0.15, 0.2) is 9.84 Å². The average Bonchev–Trinajstić information content (AvgIpc) is 2.51. The minimum atomic E-state index is -4.15. The first kappa shape index (κ1) is 19.6. The molecule has 1 aromatic carbocycles. The number of carbonyl (C=O) groups excluding carboxylic acids is 1. The van der Waals surface area contributed by atoms with Crippen molar-refractivity contribution < 1.29 is 31.1 Å². The van der Waals surface area contributed by atoms with Gasteiger partial charge in [-0.1, -0.05) is 0 Å². The van der Waals surface area contributed by atoms with Crippen LogP contribution in [0.5, 0.6) is 5.75 Å². The molecule has 0 bridgehead atoms. The number of hydrogen-bond acceptors (Lipinski definition) is 4. The van der Waals surface area contributed by atoms with Gasteiger partial charge in [0.25, 0.3) is 0 Å². The van der Waals surface area contributed by atoms with E-state index in [9.17, 15) is 26.4 Å². The van der Waals surface area contributed by atoms with Gasteiger partial charge in [0, 0.05) is 6.26 Å². The molecule has 0 spiro atoms. The molecule has 1 aromatic rings. The van der Waals surface area contributed by atoms with Crippen molar-refractivity contribution >= 4 is 15.7 Å². The minimum absolute atomic E-state index is 0.0175. The van der Waals surface area contributed by atoms with Crippen molar-refractivity contribution in [3.8, 4) is 5.75 Å². The molecule has 1 saturated carbocycles. The van der Waals surface area contributed by atoms with Crippen molar-refractivity contribution in [1.82, 2.24) is 0 Å². The topological polar surface area (TPSA) is 86.5 Å². The maximum absolute atomic E-state index is 12.7. The van der Waals surface area contributed by atoms with E-state index >= 15 is 0 Å². The first-order valence-electron chi connectivity index (χ1n) is 7.82. The number of ether oxygens (including phenoxy) is 1. The van der Waals surface area contributed by atoms with Crippen molar-refractivity contribution in [1.29, 1.82) is 0 Å². The highest BCUT2D eigenvalue weighted by molar-refractivity contribution is 7.90. The fourth-order valence-electron chi connectivity index (χ4n) is 2.97. The molecule has 25 heavy (non-hydrogen) atoms. The predicted molar refractivity (Wildman–Crippen MR) is 85.1 cm³/mol. The second kappa shape index (κ2) is 7.23. The second-order valence-electron chi connectivity index (χ2n) is 6.36. The van der Waals surface area contributed by atoms with Gasteiger partial charge < -0.3 is 10.5 Å². The highest BCUT2D eigenvalue weighted by Crippen LogP contribution is 2.39. The Kier molecular flexibility index (Phi) is 5.65. The number of hydrogen-bond donors (Lipinski definition) is 1. The van der Waals surface area contributed by atoms with E-state index in [-0.39, 0.29) is 41.6 Å². The van der Waals surface area contributed by atoms with Crippen molar-refractivity contribution in [2.75, 3.05) is 12.9 Å². The van der Waals surface area contributed by atoms with E-state index < -0.39 is 27.8 Å². The molecule has 0 aromatic heterocycles. The standard InChI is InChI=1S/C16H20F3NO4S/c1-25(22,23)14-8-12(6-7-13(14)15(20)21)24-9-10-2-4-11(5-3-10)16(17,18)19/h6-8,10-11H,2-5,9H2,1H3,(H2,20,21). The summed E-state index contributed by atoms with van der Waals surface area (Å²) in [7, 11) is -3.67. The lowest BCUT2D eigenvalue weighted by Crippen LogP contribution is -2.29. The van der Waals surface area contributed by atoms with E-state index in [1.165, 1.54) is 18.2 Å². The van der Waals surface area contributed by atoms with Gasteiger partial charge in [-0.3, -0.25) is 4.79 Å². The molecule has 5 nitrogen and oxygen atoms in total. The van der Waals surface area contributed by atoms with Gasteiger partial charge in [-0.15, -0.1) is 0 Å². The number of nitrogens with two attached hydrogens (primary N) is 1. The SMILES string of the molecule is CS(=O)(=O)c1cc(OCC2CCC(C(F)(F)F)CC2)ccc1C(N)=O. The van der Waals surface area contributed by atoms with E-state index in [0.29, 0.717) is 12.8 Å². The van der Waals surface area contributed by atoms with Crippen LogP contribution in [0, 0.1) is 11.8 Å². The number of halogens is 3. The molecule has 2 N–H and O–H groups in total. The summed E-state index contributed by atoms with van der Waals surface area (Å²) < 4.78 is 67.0. The molecule has 1 aliphatic rings. The number of amides is 1. The molecule has 0 heterocycles. The van der Waals surface area contributed by atoms with Crippen LogP contribution in [0.3, 0.4) is 0 Å². The lowest BCUT2D eigenvalue weighted by atomic mass is 9.82. The van der Waals surface area contributed by atoms with Crippen LogP contribution >= 0.6 is 0 Å². The van der Waals surface area contributed by atoms with Gasteiger partial charge in [-0.05, 0) is 49.8 Å². The van der Waals surface area contributed by atoms with Crippen LogP contribution < -0.4 is 10.5 Å². The first-order valence-corrected chi connectivity index (χ1v) is 9.71. The van der Waals surface area contributed by atoms with Crippen molar-refractivity contribution in [2.45, 2.75) is 36.8 Å². The highest BCUT2D eigenvalue weighted by Gasteiger charge is 2.41. The zero-order valence-corrected chi connectivity index (χ0v) is 14.5. The van der Waals surface area contributed by atoms with Gasteiger partial charge >= 0.3 is 6.18 Å². The van der Waals surface area contributed by atoms with Crippen LogP contribution in [0.15, 0.2) is 23.1 Å². The Morgan fingerprint density at radius 3 is 2.32 bits per heavy atom. The lowest BCUT2D eigenvalue weighted by molar-refractivity contribution is -0.184. The van der Waals surface area contributed by atoms with Gasteiger partial charge in [0.2, 0.25) is 5.91 Å². The number of rotatable bonds is 5. The molecule has 0 aliphatic heterocycles. The summed E-state index contributed by atoms with van der Waals surface area (Å²) in [5.74, 6) is -1.90. The van der Waals surface area contributed by atoms with Gasteiger partial charge in [-0.2, -0.15) is 13.2 Å². The summed E-state index contributed by atoms with van der Waals surface area (Å²) in [5, 5.41) is 0. The Labute approximate surface area is 144 Å². The average molecular weight is 379 g/mol. The number of carbonyl (C=O) groups is 1. The monoisotopic (exact) mass is 379 g/mol. The van der Waals surface area contributed by atoms with E-state index in [1.807, 2.05) is 0 Å². The minimum Gasteiger partial charge on any atom is -0.493 e. The number of primary amides is 1. The summed E-state index contributed by atoms with van der Waals surface area (Å²) in [6, 6.07) is 3.92. The fraction of sp³-hybridized carbons (Fsp3) is 0.562. The number of benzene rings is 1. The van der Waals surface area contributed by atoms with Crippen LogP contribution in [-0.4, -0.2) is 33.4 Å². The Morgan fingerprint density at radius 2 is 1.84 bits per heavy atom. The molecule has 0 unspecified atom stereocenters. The van der Waals surface area contributed by atoms with Crippen molar-refractivity contribution in [2.24, 2.45) is 17.6 Å². The van der Waals surface area contributed by atoms with Crippen LogP contribution in [-0.2, 0) is 9.84 Å². The third-order valence-corrected chi connectivity index (χ3v) is 5.55. The van der Waals surface area contributed by atoms with Crippen LogP contribution in [0.1, 0.15) is 36.0 Å². The summed E-state index contributed by atoms with van der Waals surface area (Å²) in [4.78, 5) is 11.1. The summed E-state index contributed by atoms with van der Waals surface area (Å²) >= 11 is 0. The van der Waals surface area contributed by atoms with E-state index in [4.69, 9.17) is 10.5 Å². The summed E-state index contributed by atoms with van der Waals surface area (Å²) in [6.45, 7) is 0.198. The van der Waals surface area contributed by atoms with Gasteiger partial charge in [0.05, 0.1) is 23.0 Å². The smallest absolute Gasteiger partial charge is 0.391 e. The molecule has 1 aliphatic carbocycles. The zero-order chi connectivity index (χ0) is 18.8. The number of alkyl halides is 3. The van der Waals surface area contributed by atoms with Crippen LogP contribution in [0.4, 0.5) is 13.2 Å². The Hall–Kier alpha value is -1.77. The second-order valence-corrected chi connectivity index (χ2v) is 8.35. The maximum atomic E-state index is 12.7. The molecule has 2 rings (SSSR count). The normalized spacial score (nSPS) is 21.8. The molecule has 140 valence electrons. The summed E-state index contributed by atoms with van der Waals surface area (Å²) in [5.41, 5.74) is 5.04. The van der Waals surface area contributed by atoms with Gasteiger partial charge in [-0.25, -0.2) is 8.42 Å². The molecule has 0 radical (unpaired) electrons. The third-order valence-electron chi connectivity index (χ3n) is 4.41. The third kappa shape index (κ3) is 5.10. The molecular formula is C16H20F3NO4S. The highest BCUT2D eigenvalue weighted by atomic mass is 32.2. The largest absolute Gasteiger partial charge is 0.493 e. The zero-order valence-electron chi connectivity index (χ0n) is 13.7. The van der Waals surface area contributed by atoms with Crippen LogP contribution in [0.2, 0.25) is 0 Å². The quantitative estimate of drug-likeness (QED) is 0.852. The molecule has 1 amide bonds. The fourth-order valence-corrected chi connectivity index (χ4v) is 3.87. The number of sulfone groups is 1. The Bertz CT molecular complexity index is 738. The maximum Gasteiger partial charge on any atom is 0.391 e. The molecule has 1 fully saturated rings. The molecular weight excluding hydrogens is 359 g/mol. The van der Waals surface area contributed by atoms with E-state index in [0.717, 1.165) is 6.26 Å². The molecule has 0 saturated heterocycles. The van der Waals surface area contributed by atoms with E-state index in [2.05, 4.69) is 0 Å². The van der Waals surface area contributed by atoms with Crippen LogP contribution in [0.25, 0.3) is 0 Å². The van der Waals surface area contributed by atoms with Crippen molar-refractivity contribution in [3.05, 3.63) is 23.8 Å². The Balaban J connectivity index is 2.02. The van der Waals surface area contributed by atoms with E-state index in [1.54, 1.807) is 0 Å². The van der Waals surface area contributed by atoms with Crippen molar-refractivity contribution in [3.63, 3.8) is 0 Å². The predicted octanol–water partition coefficient (Wildman–Crippen LogP) is 2.94.